The predicted octanol–water partition coefficient (Wildman–Crippen LogP) is 2.28. The van der Waals surface area contributed by atoms with Crippen molar-refractivity contribution in [1.82, 2.24) is 10.2 Å². The highest BCUT2D eigenvalue weighted by atomic mass is 16.5. The van der Waals surface area contributed by atoms with Crippen LogP contribution in [0.1, 0.15) is 17.3 Å². The number of hydrogen-bond acceptors (Lipinski definition) is 3. The van der Waals surface area contributed by atoms with Crippen LogP contribution in [-0.4, -0.2) is 43.6 Å². The fourth-order valence-corrected chi connectivity index (χ4v) is 2.92. The van der Waals surface area contributed by atoms with Gasteiger partial charge in [-0.3, -0.25) is 4.79 Å². The fraction of sp³-hybridized carbons (Fsp3) is 0.353. The van der Waals surface area contributed by atoms with E-state index < -0.39 is 0 Å². The first-order valence-corrected chi connectivity index (χ1v) is 7.29. The first-order chi connectivity index (χ1) is 10.2. The van der Waals surface area contributed by atoms with Crippen molar-refractivity contribution in [3.05, 3.63) is 42.0 Å². The van der Waals surface area contributed by atoms with Gasteiger partial charge in [0.1, 0.15) is 5.75 Å². The smallest absolute Gasteiger partial charge is 0.254 e. The number of ether oxygens (including phenoxy) is 1. The Morgan fingerprint density at radius 1 is 1.24 bits per heavy atom. The molecular weight excluding hydrogens is 264 g/mol. The number of methoxy groups -OCH3 is 1. The van der Waals surface area contributed by atoms with Crippen molar-refractivity contribution in [1.29, 1.82) is 0 Å². The van der Waals surface area contributed by atoms with Crippen molar-refractivity contribution in [3.8, 4) is 5.75 Å². The van der Waals surface area contributed by atoms with Crippen LogP contribution in [0, 0.1) is 0 Å². The molecule has 1 atom stereocenters. The summed E-state index contributed by atoms with van der Waals surface area (Å²) < 4.78 is 5.39. The summed E-state index contributed by atoms with van der Waals surface area (Å²) in [6, 6.07) is 12.0. The molecule has 4 heteroatoms. The minimum absolute atomic E-state index is 0.0993. The lowest BCUT2D eigenvalue weighted by atomic mass is 10.0. The topological polar surface area (TPSA) is 41.6 Å². The summed E-state index contributed by atoms with van der Waals surface area (Å²) in [4.78, 5) is 14.7. The molecule has 0 spiro atoms. The van der Waals surface area contributed by atoms with Gasteiger partial charge in [0, 0.05) is 36.6 Å². The first-order valence-electron chi connectivity index (χ1n) is 7.29. The minimum Gasteiger partial charge on any atom is -0.496 e. The maximum Gasteiger partial charge on any atom is 0.254 e. The average Bonchev–Trinajstić information content (AvgIpc) is 2.53. The van der Waals surface area contributed by atoms with Gasteiger partial charge in [0.15, 0.2) is 0 Å². The summed E-state index contributed by atoms with van der Waals surface area (Å²) in [7, 11) is 1.65. The molecule has 0 aromatic heterocycles. The molecular formula is C17H20N2O2. The Labute approximate surface area is 124 Å². The normalized spacial score (nSPS) is 18.8. The molecule has 1 heterocycles. The van der Waals surface area contributed by atoms with E-state index in [4.69, 9.17) is 4.74 Å². The number of fused-ring (bicyclic) bond motifs is 1. The first kappa shape index (κ1) is 13.9. The van der Waals surface area contributed by atoms with Crippen molar-refractivity contribution in [3.63, 3.8) is 0 Å². The lowest BCUT2D eigenvalue weighted by molar-refractivity contribution is 0.0711. The molecule has 0 radical (unpaired) electrons. The average molecular weight is 284 g/mol. The molecule has 1 N–H and O–H groups in total. The lowest BCUT2D eigenvalue weighted by Crippen LogP contribution is -2.51. The molecule has 4 nitrogen and oxygen atoms in total. The summed E-state index contributed by atoms with van der Waals surface area (Å²) >= 11 is 0. The standard InChI is InChI=1S/C17H20N2O2/c1-12-11-19(10-9-18-12)17(20)15-7-8-16(21-2)14-6-4-3-5-13(14)15/h3-8,12,18H,9-11H2,1-2H3. The SMILES string of the molecule is COc1ccc(C(=O)N2CCNC(C)C2)c2ccccc12. The minimum atomic E-state index is 0.0993. The van der Waals surface area contributed by atoms with Crippen molar-refractivity contribution < 1.29 is 9.53 Å². The van der Waals surface area contributed by atoms with Crippen LogP contribution in [-0.2, 0) is 0 Å². The van der Waals surface area contributed by atoms with E-state index in [2.05, 4.69) is 12.2 Å². The van der Waals surface area contributed by atoms with Gasteiger partial charge in [0.2, 0.25) is 0 Å². The van der Waals surface area contributed by atoms with Crippen LogP contribution in [0.25, 0.3) is 10.8 Å². The molecule has 2 aromatic carbocycles. The number of carbonyl (C=O) groups excluding carboxylic acids is 1. The third-order valence-corrected chi connectivity index (χ3v) is 3.99. The molecule has 2 aromatic rings. The van der Waals surface area contributed by atoms with Gasteiger partial charge in [-0.05, 0) is 24.4 Å². The molecule has 1 fully saturated rings. The van der Waals surface area contributed by atoms with Crippen LogP contribution in [0.15, 0.2) is 36.4 Å². The van der Waals surface area contributed by atoms with Crippen LogP contribution in [0.4, 0.5) is 0 Å². The highest BCUT2D eigenvalue weighted by molar-refractivity contribution is 6.08. The second-order valence-corrected chi connectivity index (χ2v) is 5.47. The third kappa shape index (κ3) is 2.59. The number of amides is 1. The maximum atomic E-state index is 12.8. The summed E-state index contributed by atoms with van der Waals surface area (Å²) in [5, 5.41) is 5.29. The third-order valence-electron chi connectivity index (χ3n) is 3.99. The highest BCUT2D eigenvalue weighted by Gasteiger charge is 2.23. The van der Waals surface area contributed by atoms with E-state index in [-0.39, 0.29) is 5.91 Å². The second kappa shape index (κ2) is 5.74. The molecule has 21 heavy (non-hydrogen) atoms. The maximum absolute atomic E-state index is 12.8. The Kier molecular flexibility index (Phi) is 3.80. The predicted molar refractivity (Wildman–Crippen MR) is 83.9 cm³/mol. The van der Waals surface area contributed by atoms with Crippen molar-refractivity contribution >= 4 is 16.7 Å². The van der Waals surface area contributed by atoms with Gasteiger partial charge >= 0.3 is 0 Å². The van der Waals surface area contributed by atoms with E-state index in [1.165, 1.54) is 0 Å². The summed E-state index contributed by atoms with van der Waals surface area (Å²) in [5.74, 6) is 0.901. The Morgan fingerprint density at radius 3 is 2.71 bits per heavy atom. The number of nitrogens with zero attached hydrogens (tertiary/aromatic N) is 1. The van der Waals surface area contributed by atoms with Gasteiger partial charge in [-0.15, -0.1) is 0 Å². The molecule has 1 saturated heterocycles. The number of carbonyl (C=O) groups is 1. The largest absolute Gasteiger partial charge is 0.496 e. The van der Waals surface area contributed by atoms with Crippen molar-refractivity contribution in [2.24, 2.45) is 0 Å². The molecule has 110 valence electrons. The van der Waals surface area contributed by atoms with Gasteiger partial charge in [-0.2, -0.15) is 0 Å². The summed E-state index contributed by atoms with van der Waals surface area (Å²) in [5.41, 5.74) is 0.750. The zero-order valence-corrected chi connectivity index (χ0v) is 12.4. The molecule has 1 aliphatic rings. The number of nitrogens with one attached hydrogen (secondary N) is 1. The monoisotopic (exact) mass is 284 g/mol. The van der Waals surface area contributed by atoms with E-state index >= 15 is 0 Å². The van der Waals surface area contributed by atoms with Crippen molar-refractivity contribution in [2.75, 3.05) is 26.7 Å². The number of rotatable bonds is 2. The number of benzene rings is 2. The van der Waals surface area contributed by atoms with Gasteiger partial charge in [-0.25, -0.2) is 0 Å². The Balaban J connectivity index is 2.02. The molecule has 0 aliphatic carbocycles. The van der Waals surface area contributed by atoms with E-state index in [0.717, 1.165) is 41.7 Å². The molecule has 1 amide bonds. The second-order valence-electron chi connectivity index (χ2n) is 5.47. The van der Waals surface area contributed by atoms with Crippen molar-refractivity contribution in [2.45, 2.75) is 13.0 Å². The van der Waals surface area contributed by atoms with Crippen LogP contribution in [0.3, 0.4) is 0 Å². The van der Waals surface area contributed by atoms with E-state index in [1.807, 2.05) is 41.3 Å². The van der Waals surface area contributed by atoms with E-state index in [9.17, 15) is 4.79 Å². The summed E-state index contributed by atoms with van der Waals surface area (Å²) in [6.07, 6.45) is 0. The van der Waals surface area contributed by atoms with Gasteiger partial charge in [0.05, 0.1) is 7.11 Å². The number of hydrogen-bond donors (Lipinski definition) is 1. The highest BCUT2D eigenvalue weighted by Crippen LogP contribution is 2.29. The Hall–Kier alpha value is -2.07. The quantitative estimate of drug-likeness (QED) is 0.920. The zero-order chi connectivity index (χ0) is 14.8. The van der Waals surface area contributed by atoms with Crippen LogP contribution in [0.2, 0.25) is 0 Å². The van der Waals surface area contributed by atoms with Crippen LogP contribution < -0.4 is 10.1 Å². The lowest BCUT2D eigenvalue weighted by Gasteiger charge is -2.32. The molecule has 0 saturated carbocycles. The van der Waals surface area contributed by atoms with Gasteiger partial charge in [0.25, 0.3) is 5.91 Å². The molecule has 1 aliphatic heterocycles. The van der Waals surface area contributed by atoms with Gasteiger partial charge < -0.3 is 15.0 Å². The summed E-state index contributed by atoms with van der Waals surface area (Å²) in [6.45, 7) is 4.45. The fourth-order valence-electron chi connectivity index (χ4n) is 2.92. The molecule has 0 bridgehead atoms. The number of piperazine rings is 1. The zero-order valence-electron chi connectivity index (χ0n) is 12.4. The Bertz CT molecular complexity index is 669. The van der Waals surface area contributed by atoms with Crippen LogP contribution in [0.5, 0.6) is 5.75 Å². The van der Waals surface area contributed by atoms with Gasteiger partial charge in [-0.1, -0.05) is 24.3 Å². The van der Waals surface area contributed by atoms with Crippen LogP contribution >= 0.6 is 0 Å². The Morgan fingerprint density at radius 2 is 2.00 bits per heavy atom. The van der Waals surface area contributed by atoms with E-state index in [1.54, 1.807) is 7.11 Å². The molecule has 3 rings (SSSR count). The van der Waals surface area contributed by atoms with E-state index in [0.29, 0.717) is 6.04 Å². The molecule has 1 unspecified atom stereocenters.